The van der Waals surface area contributed by atoms with Crippen LogP contribution in [-0.2, 0) is 19.6 Å². The third kappa shape index (κ3) is 5.53. The fraction of sp³-hybridized carbons (Fsp3) is 0.643. The largest absolute Gasteiger partial charge is 0.311 e. The molecule has 0 saturated heterocycles. The first-order chi connectivity index (χ1) is 10.2. The van der Waals surface area contributed by atoms with Crippen molar-refractivity contribution in [1.82, 2.24) is 30.2 Å². The zero-order valence-corrected chi connectivity index (χ0v) is 13.9. The summed E-state index contributed by atoms with van der Waals surface area (Å²) < 4.78 is 1.91. The van der Waals surface area contributed by atoms with E-state index in [0.717, 1.165) is 55.5 Å². The van der Waals surface area contributed by atoms with E-state index in [0.29, 0.717) is 0 Å². The molecule has 0 aliphatic heterocycles. The van der Waals surface area contributed by atoms with Crippen molar-refractivity contribution in [2.45, 2.75) is 39.9 Å². The van der Waals surface area contributed by atoms with Gasteiger partial charge in [0.2, 0.25) is 0 Å². The summed E-state index contributed by atoms with van der Waals surface area (Å²) in [6, 6.07) is 0. The molecule has 0 spiro atoms. The van der Waals surface area contributed by atoms with Gasteiger partial charge in [0.15, 0.2) is 0 Å². The molecule has 2 heterocycles. The van der Waals surface area contributed by atoms with Crippen LogP contribution in [0.1, 0.15) is 29.7 Å². The van der Waals surface area contributed by atoms with Crippen molar-refractivity contribution >= 4 is 11.3 Å². The number of thiazole rings is 1. The molecule has 0 aliphatic rings. The van der Waals surface area contributed by atoms with Crippen LogP contribution in [0.2, 0.25) is 0 Å². The average Bonchev–Trinajstić information content (AvgIpc) is 3.06. The van der Waals surface area contributed by atoms with E-state index in [2.05, 4.69) is 44.9 Å². The third-order valence-corrected chi connectivity index (χ3v) is 3.95. The van der Waals surface area contributed by atoms with Crippen LogP contribution < -0.4 is 5.32 Å². The van der Waals surface area contributed by atoms with Gasteiger partial charge in [-0.25, -0.2) is 4.98 Å². The number of rotatable bonds is 9. The van der Waals surface area contributed by atoms with Crippen molar-refractivity contribution in [1.29, 1.82) is 0 Å². The van der Waals surface area contributed by atoms with Gasteiger partial charge in [0.05, 0.1) is 22.9 Å². The Balaban J connectivity index is 1.72. The quantitative estimate of drug-likeness (QED) is 0.714. The SMILES string of the molecule is CCCNCc1cn(CCN(C)Cc2csc(C)n2)nn1. The van der Waals surface area contributed by atoms with Crippen molar-refractivity contribution in [2.24, 2.45) is 0 Å². The second kappa shape index (κ2) is 8.21. The van der Waals surface area contributed by atoms with Gasteiger partial charge < -0.3 is 5.32 Å². The number of likely N-dealkylation sites (N-methyl/N-ethyl adjacent to an activating group) is 1. The lowest BCUT2D eigenvalue weighted by Crippen LogP contribution is -2.23. The molecule has 0 unspecified atom stereocenters. The van der Waals surface area contributed by atoms with Gasteiger partial charge in [-0.15, -0.1) is 16.4 Å². The Bertz CT molecular complexity index is 535. The van der Waals surface area contributed by atoms with Crippen LogP contribution in [0.4, 0.5) is 0 Å². The molecule has 2 aromatic heterocycles. The zero-order valence-electron chi connectivity index (χ0n) is 13.0. The van der Waals surface area contributed by atoms with Crippen LogP contribution in [0.25, 0.3) is 0 Å². The summed E-state index contributed by atoms with van der Waals surface area (Å²) in [5.74, 6) is 0. The molecular formula is C14H24N6S. The summed E-state index contributed by atoms with van der Waals surface area (Å²) in [5, 5.41) is 14.9. The molecule has 0 amide bonds. The second-order valence-corrected chi connectivity index (χ2v) is 6.31. The molecule has 0 atom stereocenters. The molecule has 0 aliphatic carbocycles. The van der Waals surface area contributed by atoms with E-state index < -0.39 is 0 Å². The van der Waals surface area contributed by atoms with E-state index in [1.807, 2.05) is 17.8 Å². The Morgan fingerprint density at radius 1 is 1.38 bits per heavy atom. The molecule has 1 N–H and O–H groups in total. The Morgan fingerprint density at radius 2 is 2.24 bits per heavy atom. The molecule has 0 saturated carbocycles. The summed E-state index contributed by atoms with van der Waals surface area (Å²) >= 11 is 1.70. The van der Waals surface area contributed by atoms with E-state index in [1.165, 1.54) is 0 Å². The molecule has 0 fully saturated rings. The summed E-state index contributed by atoms with van der Waals surface area (Å²) in [6.45, 7) is 8.66. The fourth-order valence-corrected chi connectivity index (χ4v) is 2.64. The highest BCUT2D eigenvalue weighted by Gasteiger charge is 2.05. The number of hydrogen-bond donors (Lipinski definition) is 1. The maximum Gasteiger partial charge on any atom is 0.0964 e. The predicted molar refractivity (Wildman–Crippen MR) is 85.2 cm³/mol. The minimum atomic E-state index is 0.793. The van der Waals surface area contributed by atoms with E-state index in [-0.39, 0.29) is 0 Å². The van der Waals surface area contributed by atoms with Gasteiger partial charge in [0, 0.05) is 31.2 Å². The van der Waals surface area contributed by atoms with E-state index in [4.69, 9.17) is 0 Å². The Hall–Kier alpha value is -1.31. The number of nitrogens with zero attached hydrogens (tertiary/aromatic N) is 5. The minimum absolute atomic E-state index is 0.793. The van der Waals surface area contributed by atoms with Crippen molar-refractivity contribution < 1.29 is 0 Å². The number of aryl methyl sites for hydroxylation is 1. The fourth-order valence-electron chi connectivity index (χ4n) is 2.03. The first-order valence-corrected chi connectivity index (χ1v) is 8.24. The predicted octanol–water partition coefficient (Wildman–Crippen LogP) is 1.67. The summed E-state index contributed by atoms with van der Waals surface area (Å²) in [6.07, 6.45) is 3.15. The standard InChI is InChI=1S/C14H24N6S/c1-4-5-15-8-13-10-20(18-17-13)7-6-19(3)9-14-11-21-12(2)16-14/h10-11,15H,4-9H2,1-3H3. The van der Waals surface area contributed by atoms with Crippen LogP contribution in [-0.4, -0.2) is 45.0 Å². The maximum atomic E-state index is 4.49. The van der Waals surface area contributed by atoms with Gasteiger partial charge in [-0.1, -0.05) is 12.1 Å². The van der Waals surface area contributed by atoms with E-state index in [1.54, 1.807) is 11.3 Å². The Labute approximate surface area is 130 Å². The highest BCUT2D eigenvalue weighted by molar-refractivity contribution is 7.09. The van der Waals surface area contributed by atoms with Crippen LogP contribution in [0.5, 0.6) is 0 Å². The average molecular weight is 308 g/mol. The smallest absolute Gasteiger partial charge is 0.0964 e. The molecule has 0 aromatic carbocycles. The molecule has 0 bridgehead atoms. The lowest BCUT2D eigenvalue weighted by Gasteiger charge is -2.14. The first kappa shape index (κ1) is 16.1. The van der Waals surface area contributed by atoms with Gasteiger partial charge >= 0.3 is 0 Å². The molecule has 2 aromatic rings. The molecule has 6 nitrogen and oxygen atoms in total. The lowest BCUT2D eigenvalue weighted by molar-refractivity contribution is 0.301. The molecule has 2 rings (SSSR count). The zero-order chi connectivity index (χ0) is 15.1. The number of aromatic nitrogens is 4. The van der Waals surface area contributed by atoms with Crippen LogP contribution >= 0.6 is 11.3 Å². The second-order valence-electron chi connectivity index (χ2n) is 5.25. The molecule has 7 heteroatoms. The normalized spacial score (nSPS) is 11.4. The highest BCUT2D eigenvalue weighted by Crippen LogP contribution is 2.09. The van der Waals surface area contributed by atoms with Crippen molar-refractivity contribution in [2.75, 3.05) is 20.1 Å². The topological polar surface area (TPSA) is 58.9 Å². The van der Waals surface area contributed by atoms with Gasteiger partial charge in [-0.05, 0) is 26.9 Å². The molecular weight excluding hydrogens is 284 g/mol. The molecule has 21 heavy (non-hydrogen) atoms. The van der Waals surface area contributed by atoms with Gasteiger partial charge in [-0.2, -0.15) is 0 Å². The van der Waals surface area contributed by atoms with Crippen molar-refractivity contribution in [3.63, 3.8) is 0 Å². The summed E-state index contributed by atoms with van der Waals surface area (Å²) in [7, 11) is 2.11. The highest BCUT2D eigenvalue weighted by atomic mass is 32.1. The molecule has 116 valence electrons. The Morgan fingerprint density at radius 3 is 2.95 bits per heavy atom. The third-order valence-electron chi connectivity index (χ3n) is 3.13. The van der Waals surface area contributed by atoms with Crippen LogP contribution in [0.15, 0.2) is 11.6 Å². The van der Waals surface area contributed by atoms with Gasteiger partial charge in [0.25, 0.3) is 0 Å². The van der Waals surface area contributed by atoms with E-state index in [9.17, 15) is 0 Å². The summed E-state index contributed by atoms with van der Waals surface area (Å²) in [5.41, 5.74) is 2.14. The van der Waals surface area contributed by atoms with Crippen LogP contribution in [0.3, 0.4) is 0 Å². The first-order valence-electron chi connectivity index (χ1n) is 7.36. The van der Waals surface area contributed by atoms with Crippen molar-refractivity contribution in [3.05, 3.63) is 28.0 Å². The summed E-state index contributed by atoms with van der Waals surface area (Å²) in [4.78, 5) is 6.74. The monoisotopic (exact) mass is 308 g/mol. The van der Waals surface area contributed by atoms with Gasteiger partial charge in [-0.3, -0.25) is 9.58 Å². The maximum absolute atomic E-state index is 4.49. The van der Waals surface area contributed by atoms with Crippen molar-refractivity contribution in [3.8, 4) is 0 Å². The lowest BCUT2D eigenvalue weighted by atomic mass is 10.4. The number of hydrogen-bond acceptors (Lipinski definition) is 6. The Kier molecular flexibility index (Phi) is 6.28. The molecule has 0 radical (unpaired) electrons. The number of nitrogens with one attached hydrogen (secondary N) is 1. The minimum Gasteiger partial charge on any atom is -0.311 e. The van der Waals surface area contributed by atoms with Gasteiger partial charge in [0.1, 0.15) is 0 Å². The van der Waals surface area contributed by atoms with E-state index >= 15 is 0 Å². The van der Waals surface area contributed by atoms with Crippen LogP contribution in [0, 0.1) is 6.92 Å².